The van der Waals surface area contributed by atoms with Crippen LogP contribution in [0.2, 0.25) is 0 Å². The summed E-state index contributed by atoms with van der Waals surface area (Å²) in [6.07, 6.45) is 0. The van der Waals surface area contributed by atoms with Crippen LogP contribution in [0.15, 0.2) is 41.8 Å². The summed E-state index contributed by atoms with van der Waals surface area (Å²) in [6, 6.07) is 10.1. The highest BCUT2D eigenvalue weighted by molar-refractivity contribution is 7.13. The van der Waals surface area contributed by atoms with Crippen LogP contribution >= 0.6 is 11.3 Å². The van der Waals surface area contributed by atoms with Crippen molar-refractivity contribution < 1.29 is 18.7 Å². The van der Waals surface area contributed by atoms with E-state index in [9.17, 15) is 9.18 Å². The Balaban J connectivity index is 1.90. The van der Waals surface area contributed by atoms with E-state index in [2.05, 4.69) is 10.3 Å². The number of rotatable bonds is 6. The summed E-state index contributed by atoms with van der Waals surface area (Å²) in [4.78, 5) is 15.6. The topological polar surface area (TPSA) is 60.5 Å². The van der Waals surface area contributed by atoms with Crippen molar-refractivity contribution in [2.75, 3.05) is 19.0 Å². The number of amides is 1. The van der Waals surface area contributed by atoms with Gasteiger partial charge in [-0.3, -0.25) is 4.79 Å². The number of nitrogens with one attached hydrogen (secondary N) is 1. The zero-order chi connectivity index (χ0) is 19.4. The number of thiazole rings is 1. The predicted octanol–water partition coefficient (Wildman–Crippen LogP) is 4.98. The van der Waals surface area contributed by atoms with Crippen molar-refractivity contribution in [2.45, 2.75) is 13.8 Å². The first kappa shape index (κ1) is 18.8. The lowest BCUT2D eigenvalue weighted by molar-refractivity contribution is -0.114. The quantitative estimate of drug-likeness (QED) is 0.649. The van der Waals surface area contributed by atoms with E-state index in [0.717, 1.165) is 10.6 Å². The molecule has 0 spiro atoms. The minimum absolute atomic E-state index is 0.248. The molecule has 3 rings (SSSR count). The molecule has 7 heteroatoms. The van der Waals surface area contributed by atoms with E-state index >= 15 is 0 Å². The molecule has 0 saturated carbocycles. The minimum atomic E-state index is -0.442. The van der Waals surface area contributed by atoms with E-state index in [-0.39, 0.29) is 5.91 Å². The number of benzene rings is 2. The highest BCUT2D eigenvalue weighted by Gasteiger charge is 2.13. The van der Waals surface area contributed by atoms with Crippen molar-refractivity contribution in [1.82, 2.24) is 4.98 Å². The Bertz CT molecular complexity index is 972. The summed E-state index contributed by atoms with van der Waals surface area (Å²) in [5, 5.41) is 5.11. The first-order valence-corrected chi connectivity index (χ1v) is 9.24. The Labute approximate surface area is 160 Å². The van der Waals surface area contributed by atoms with Gasteiger partial charge >= 0.3 is 0 Å². The zero-order valence-electron chi connectivity index (χ0n) is 15.2. The maximum atomic E-state index is 14.4. The molecular formula is C20H19FN2O3S. The summed E-state index contributed by atoms with van der Waals surface area (Å²) < 4.78 is 25.3. The largest absolute Gasteiger partial charge is 0.493 e. The molecule has 1 heterocycles. The number of carbonyl (C=O) groups excluding carboxylic acids is 1. The third kappa shape index (κ3) is 4.25. The average molecular weight is 386 g/mol. The van der Waals surface area contributed by atoms with Crippen LogP contribution in [0.3, 0.4) is 0 Å². The van der Waals surface area contributed by atoms with E-state index in [4.69, 9.17) is 9.47 Å². The van der Waals surface area contributed by atoms with E-state index < -0.39 is 5.82 Å². The summed E-state index contributed by atoms with van der Waals surface area (Å²) >= 11 is 1.42. The van der Waals surface area contributed by atoms with E-state index in [1.165, 1.54) is 24.3 Å². The van der Waals surface area contributed by atoms with Gasteiger partial charge in [-0.2, -0.15) is 0 Å². The second kappa shape index (κ2) is 8.18. The maximum Gasteiger partial charge on any atom is 0.221 e. The molecule has 0 atom stereocenters. The van der Waals surface area contributed by atoms with Crippen LogP contribution in [-0.4, -0.2) is 24.6 Å². The number of ether oxygens (including phenoxy) is 2. The summed E-state index contributed by atoms with van der Waals surface area (Å²) in [7, 11) is 1.58. The molecule has 0 fully saturated rings. The second-order valence-corrected chi connectivity index (χ2v) is 6.57. The SMILES string of the molecule is CCOc1ccc(-c2nc(-c3ccc(NC(C)=O)cc3F)cs2)cc1OC. The monoisotopic (exact) mass is 386 g/mol. The fourth-order valence-electron chi connectivity index (χ4n) is 2.61. The van der Waals surface area contributed by atoms with Gasteiger partial charge in [0, 0.05) is 29.1 Å². The number of nitrogens with zero attached hydrogens (tertiary/aromatic N) is 1. The van der Waals surface area contributed by atoms with Crippen LogP contribution in [0.25, 0.3) is 21.8 Å². The van der Waals surface area contributed by atoms with Gasteiger partial charge in [0.05, 0.1) is 19.4 Å². The molecule has 5 nitrogen and oxygen atoms in total. The fourth-order valence-corrected chi connectivity index (χ4v) is 3.43. The Kier molecular flexibility index (Phi) is 5.71. The van der Waals surface area contributed by atoms with Crippen LogP contribution in [0, 0.1) is 5.82 Å². The summed E-state index contributed by atoms with van der Waals surface area (Å²) in [5.41, 5.74) is 2.19. The lowest BCUT2D eigenvalue weighted by atomic mass is 10.1. The van der Waals surface area contributed by atoms with E-state index in [1.807, 2.05) is 25.1 Å². The summed E-state index contributed by atoms with van der Waals surface area (Å²) in [6.45, 7) is 3.83. The third-order valence-corrected chi connectivity index (χ3v) is 4.67. The van der Waals surface area contributed by atoms with Gasteiger partial charge in [-0.05, 0) is 43.3 Å². The molecule has 1 aromatic heterocycles. The van der Waals surface area contributed by atoms with Gasteiger partial charge in [0.15, 0.2) is 11.5 Å². The highest BCUT2D eigenvalue weighted by atomic mass is 32.1. The van der Waals surface area contributed by atoms with Crippen molar-refractivity contribution in [3.05, 3.63) is 47.6 Å². The first-order chi connectivity index (χ1) is 13.0. The Morgan fingerprint density at radius 1 is 1.22 bits per heavy atom. The van der Waals surface area contributed by atoms with Crippen LogP contribution in [0.5, 0.6) is 11.5 Å². The average Bonchev–Trinajstić information content (AvgIpc) is 3.11. The molecular weight excluding hydrogens is 367 g/mol. The smallest absolute Gasteiger partial charge is 0.221 e. The number of carbonyl (C=O) groups is 1. The van der Waals surface area contributed by atoms with Crippen molar-refractivity contribution >= 4 is 22.9 Å². The van der Waals surface area contributed by atoms with E-state index in [0.29, 0.717) is 35.1 Å². The molecule has 1 N–H and O–H groups in total. The molecule has 0 saturated heterocycles. The molecule has 0 aliphatic heterocycles. The highest BCUT2D eigenvalue weighted by Crippen LogP contribution is 2.36. The molecule has 27 heavy (non-hydrogen) atoms. The molecule has 0 bridgehead atoms. The molecule has 0 aliphatic carbocycles. The van der Waals surface area contributed by atoms with E-state index in [1.54, 1.807) is 24.6 Å². The van der Waals surface area contributed by atoms with Crippen molar-refractivity contribution in [3.63, 3.8) is 0 Å². The molecule has 0 unspecified atom stereocenters. The zero-order valence-corrected chi connectivity index (χ0v) is 16.0. The van der Waals surface area contributed by atoms with Gasteiger partial charge in [-0.15, -0.1) is 11.3 Å². The number of hydrogen-bond acceptors (Lipinski definition) is 5. The van der Waals surface area contributed by atoms with Gasteiger partial charge in [-0.1, -0.05) is 0 Å². The number of halogens is 1. The van der Waals surface area contributed by atoms with Crippen LogP contribution in [0.4, 0.5) is 10.1 Å². The number of aromatic nitrogens is 1. The standard InChI is InChI=1S/C20H19FN2O3S/c1-4-26-18-8-5-13(9-19(18)25-3)20-23-17(11-27-20)15-7-6-14(10-16(15)21)22-12(2)24/h5-11H,4H2,1-3H3,(H,22,24). The predicted molar refractivity (Wildman–Crippen MR) is 105 cm³/mol. The summed E-state index contributed by atoms with van der Waals surface area (Å²) in [5.74, 6) is 0.599. The Morgan fingerprint density at radius 2 is 2.04 bits per heavy atom. The molecule has 0 radical (unpaired) electrons. The number of hydrogen-bond donors (Lipinski definition) is 1. The van der Waals surface area contributed by atoms with Crippen LogP contribution < -0.4 is 14.8 Å². The molecule has 1 amide bonds. The second-order valence-electron chi connectivity index (χ2n) is 5.71. The van der Waals surface area contributed by atoms with Crippen molar-refractivity contribution in [1.29, 1.82) is 0 Å². The van der Waals surface area contributed by atoms with Crippen LogP contribution in [-0.2, 0) is 4.79 Å². The molecule has 2 aromatic carbocycles. The first-order valence-electron chi connectivity index (χ1n) is 8.36. The Morgan fingerprint density at radius 3 is 2.70 bits per heavy atom. The van der Waals surface area contributed by atoms with Gasteiger partial charge in [0.1, 0.15) is 10.8 Å². The van der Waals surface area contributed by atoms with Crippen LogP contribution in [0.1, 0.15) is 13.8 Å². The van der Waals surface area contributed by atoms with Gasteiger partial charge in [-0.25, -0.2) is 9.37 Å². The van der Waals surface area contributed by atoms with Gasteiger partial charge < -0.3 is 14.8 Å². The van der Waals surface area contributed by atoms with Crippen molar-refractivity contribution in [3.8, 4) is 33.3 Å². The Hall–Kier alpha value is -2.93. The van der Waals surface area contributed by atoms with Crippen molar-refractivity contribution in [2.24, 2.45) is 0 Å². The third-order valence-electron chi connectivity index (χ3n) is 3.78. The lowest BCUT2D eigenvalue weighted by Crippen LogP contribution is -2.05. The minimum Gasteiger partial charge on any atom is -0.493 e. The molecule has 0 aliphatic rings. The molecule has 140 valence electrons. The number of anilines is 1. The fraction of sp³-hybridized carbons (Fsp3) is 0.200. The lowest BCUT2D eigenvalue weighted by Gasteiger charge is -2.10. The maximum absolute atomic E-state index is 14.4. The van der Waals surface area contributed by atoms with Gasteiger partial charge in [0.25, 0.3) is 0 Å². The normalized spacial score (nSPS) is 10.5. The number of methoxy groups -OCH3 is 1. The molecule has 3 aromatic rings. The van der Waals surface area contributed by atoms with Gasteiger partial charge in [0.2, 0.25) is 5.91 Å².